The summed E-state index contributed by atoms with van der Waals surface area (Å²) in [6, 6.07) is 16.4. The molecule has 1 aliphatic rings. The third-order valence-corrected chi connectivity index (χ3v) is 5.02. The Bertz CT molecular complexity index is 961. The van der Waals surface area contributed by atoms with Crippen molar-refractivity contribution in [3.63, 3.8) is 0 Å². The van der Waals surface area contributed by atoms with Crippen LogP contribution in [-0.4, -0.2) is 34.9 Å². The molecule has 0 unspecified atom stereocenters. The minimum Gasteiger partial charge on any atom is -0.384 e. The van der Waals surface area contributed by atoms with E-state index >= 15 is 0 Å². The zero-order chi connectivity index (χ0) is 19.5. The quantitative estimate of drug-likeness (QED) is 0.689. The molecule has 0 aliphatic carbocycles. The van der Waals surface area contributed by atoms with Crippen LogP contribution in [0.3, 0.4) is 0 Å². The van der Waals surface area contributed by atoms with E-state index in [9.17, 15) is 4.79 Å². The first-order valence-electron chi connectivity index (χ1n) is 9.22. The van der Waals surface area contributed by atoms with Gasteiger partial charge in [-0.2, -0.15) is 5.10 Å². The number of hydrogen-bond donors (Lipinski definition) is 2. The van der Waals surface area contributed by atoms with Crippen LogP contribution in [0.15, 0.2) is 54.6 Å². The first kappa shape index (κ1) is 18.5. The van der Waals surface area contributed by atoms with Crippen LogP contribution in [-0.2, 0) is 4.74 Å². The highest BCUT2D eigenvalue weighted by atomic mass is 35.5. The second-order valence-electron chi connectivity index (χ2n) is 6.77. The van der Waals surface area contributed by atoms with Crippen LogP contribution in [0, 0.1) is 0 Å². The van der Waals surface area contributed by atoms with E-state index in [0.717, 1.165) is 36.4 Å². The van der Waals surface area contributed by atoms with Gasteiger partial charge >= 0.3 is 0 Å². The van der Waals surface area contributed by atoms with E-state index in [4.69, 9.17) is 22.1 Å². The summed E-state index contributed by atoms with van der Waals surface area (Å²) in [7, 11) is 0. The zero-order valence-electron chi connectivity index (χ0n) is 15.3. The molecule has 0 spiro atoms. The summed E-state index contributed by atoms with van der Waals surface area (Å²) < 4.78 is 7.18. The predicted octanol–water partition coefficient (Wildman–Crippen LogP) is 3.68. The van der Waals surface area contributed by atoms with Gasteiger partial charge in [0.05, 0.1) is 17.5 Å². The standard InChI is InChI=1S/C21H21ClN4O2/c22-16-7-3-14(4-8-16)19-12-20(23)26(25-19)17-9-5-15(6-10-17)21(27)24-13-18-2-1-11-28-18/h3-10,12,18H,1-2,11,13,23H2,(H,24,27)/t18-/m0/s1. The largest absolute Gasteiger partial charge is 0.384 e. The van der Waals surface area contributed by atoms with Gasteiger partial charge in [-0.15, -0.1) is 0 Å². The lowest BCUT2D eigenvalue weighted by Crippen LogP contribution is -2.31. The highest BCUT2D eigenvalue weighted by Crippen LogP contribution is 2.24. The Balaban J connectivity index is 1.47. The number of nitrogen functional groups attached to an aromatic ring is 1. The lowest BCUT2D eigenvalue weighted by atomic mass is 10.1. The molecule has 144 valence electrons. The fourth-order valence-corrected chi connectivity index (χ4v) is 3.36. The number of aromatic nitrogens is 2. The molecule has 28 heavy (non-hydrogen) atoms. The normalized spacial score (nSPS) is 16.2. The Morgan fingerprint density at radius 2 is 1.96 bits per heavy atom. The van der Waals surface area contributed by atoms with E-state index in [2.05, 4.69) is 10.4 Å². The summed E-state index contributed by atoms with van der Waals surface area (Å²) >= 11 is 5.94. The van der Waals surface area contributed by atoms with Crippen LogP contribution >= 0.6 is 11.6 Å². The number of carbonyl (C=O) groups excluding carboxylic acids is 1. The average Bonchev–Trinajstić information content (AvgIpc) is 3.36. The number of anilines is 1. The fraction of sp³-hybridized carbons (Fsp3) is 0.238. The smallest absolute Gasteiger partial charge is 0.251 e. The molecule has 0 radical (unpaired) electrons. The lowest BCUT2D eigenvalue weighted by Gasteiger charge is -2.11. The summed E-state index contributed by atoms with van der Waals surface area (Å²) in [4.78, 5) is 12.3. The van der Waals surface area contributed by atoms with Gasteiger partial charge in [0, 0.05) is 35.4 Å². The first-order valence-corrected chi connectivity index (χ1v) is 9.60. The van der Waals surface area contributed by atoms with Crippen LogP contribution in [0.2, 0.25) is 5.02 Å². The number of rotatable bonds is 5. The number of carbonyl (C=O) groups is 1. The summed E-state index contributed by atoms with van der Waals surface area (Å²) in [5.41, 5.74) is 9.20. The van der Waals surface area contributed by atoms with Crippen molar-refractivity contribution in [2.24, 2.45) is 0 Å². The van der Waals surface area contributed by atoms with Gasteiger partial charge in [0.1, 0.15) is 5.82 Å². The SMILES string of the molecule is Nc1cc(-c2ccc(Cl)cc2)nn1-c1ccc(C(=O)NC[C@@H]2CCCO2)cc1. The number of halogens is 1. The van der Waals surface area contributed by atoms with E-state index in [1.807, 2.05) is 42.5 Å². The van der Waals surface area contributed by atoms with Crippen LogP contribution in [0.5, 0.6) is 0 Å². The molecule has 4 rings (SSSR count). The predicted molar refractivity (Wildman–Crippen MR) is 110 cm³/mol. The molecule has 1 aromatic heterocycles. The maximum absolute atomic E-state index is 12.3. The average molecular weight is 397 g/mol. The molecule has 1 amide bonds. The number of amides is 1. The molecular weight excluding hydrogens is 376 g/mol. The van der Waals surface area contributed by atoms with E-state index < -0.39 is 0 Å². The zero-order valence-corrected chi connectivity index (χ0v) is 16.0. The third-order valence-electron chi connectivity index (χ3n) is 4.77. The molecule has 0 saturated carbocycles. The Morgan fingerprint density at radius 3 is 2.64 bits per heavy atom. The van der Waals surface area contributed by atoms with Gasteiger partial charge in [-0.1, -0.05) is 23.7 Å². The Kier molecular flexibility index (Phi) is 5.32. The molecule has 2 aromatic carbocycles. The van der Waals surface area contributed by atoms with Gasteiger partial charge < -0.3 is 15.8 Å². The minimum atomic E-state index is -0.114. The van der Waals surface area contributed by atoms with Crippen LogP contribution in [0.1, 0.15) is 23.2 Å². The summed E-state index contributed by atoms with van der Waals surface area (Å²) in [6.07, 6.45) is 2.17. The van der Waals surface area contributed by atoms with Gasteiger partial charge in [-0.3, -0.25) is 4.79 Å². The Labute approximate surface area is 168 Å². The number of ether oxygens (including phenoxy) is 1. The van der Waals surface area contributed by atoms with E-state index in [0.29, 0.717) is 22.9 Å². The number of hydrogen-bond acceptors (Lipinski definition) is 4. The number of nitrogens with one attached hydrogen (secondary N) is 1. The molecule has 1 saturated heterocycles. The van der Waals surface area contributed by atoms with Crippen molar-refractivity contribution in [3.05, 3.63) is 65.2 Å². The van der Waals surface area contributed by atoms with Crippen LogP contribution < -0.4 is 11.1 Å². The van der Waals surface area contributed by atoms with Crippen LogP contribution in [0.4, 0.5) is 5.82 Å². The molecule has 2 heterocycles. The molecule has 6 nitrogen and oxygen atoms in total. The summed E-state index contributed by atoms with van der Waals surface area (Å²) in [5, 5.41) is 8.17. The van der Waals surface area contributed by atoms with Crippen LogP contribution in [0.25, 0.3) is 16.9 Å². The Morgan fingerprint density at radius 1 is 1.21 bits per heavy atom. The van der Waals surface area contributed by atoms with Crippen molar-refractivity contribution >= 4 is 23.3 Å². The first-order chi connectivity index (χ1) is 13.6. The highest BCUT2D eigenvalue weighted by Gasteiger charge is 2.17. The second-order valence-corrected chi connectivity index (χ2v) is 7.20. The molecule has 3 aromatic rings. The van der Waals surface area contributed by atoms with Crippen molar-refractivity contribution in [1.82, 2.24) is 15.1 Å². The van der Waals surface area contributed by atoms with E-state index in [1.165, 1.54) is 0 Å². The topological polar surface area (TPSA) is 82.2 Å². The number of benzene rings is 2. The van der Waals surface area contributed by atoms with Crippen molar-refractivity contribution < 1.29 is 9.53 Å². The molecule has 3 N–H and O–H groups in total. The number of nitrogens with two attached hydrogens (primary N) is 1. The molecule has 1 atom stereocenters. The Hall–Kier alpha value is -2.83. The van der Waals surface area contributed by atoms with Crippen molar-refractivity contribution in [3.8, 4) is 16.9 Å². The maximum Gasteiger partial charge on any atom is 0.251 e. The highest BCUT2D eigenvalue weighted by molar-refractivity contribution is 6.30. The number of nitrogens with zero attached hydrogens (tertiary/aromatic N) is 2. The van der Waals surface area contributed by atoms with Gasteiger partial charge in [0.25, 0.3) is 5.91 Å². The molecule has 1 fully saturated rings. The van der Waals surface area contributed by atoms with Gasteiger partial charge in [0.15, 0.2) is 0 Å². The van der Waals surface area contributed by atoms with E-state index in [1.54, 1.807) is 16.8 Å². The van der Waals surface area contributed by atoms with E-state index in [-0.39, 0.29) is 12.0 Å². The molecule has 0 bridgehead atoms. The third kappa shape index (κ3) is 4.03. The molecular formula is C21H21ClN4O2. The fourth-order valence-electron chi connectivity index (χ4n) is 3.23. The second kappa shape index (κ2) is 8.04. The minimum absolute atomic E-state index is 0.114. The van der Waals surface area contributed by atoms with Gasteiger partial charge in [-0.05, 0) is 49.2 Å². The monoisotopic (exact) mass is 396 g/mol. The van der Waals surface area contributed by atoms with Crippen molar-refractivity contribution in [2.45, 2.75) is 18.9 Å². The van der Waals surface area contributed by atoms with Gasteiger partial charge in [-0.25, -0.2) is 4.68 Å². The molecule has 1 aliphatic heterocycles. The van der Waals surface area contributed by atoms with Crippen molar-refractivity contribution in [1.29, 1.82) is 0 Å². The molecule has 7 heteroatoms. The summed E-state index contributed by atoms with van der Waals surface area (Å²) in [6.45, 7) is 1.32. The maximum atomic E-state index is 12.3. The lowest BCUT2D eigenvalue weighted by molar-refractivity contribution is 0.0858. The van der Waals surface area contributed by atoms with Crippen molar-refractivity contribution in [2.75, 3.05) is 18.9 Å². The van der Waals surface area contributed by atoms with Gasteiger partial charge in [0.2, 0.25) is 0 Å². The summed E-state index contributed by atoms with van der Waals surface area (Å²) in [5.74, 6) is 0.401.